The van der Waals surface area contributed by atoms with E-state index in [1.165, 1.54) is 32.1 Å². The van der Waals surface area contributed by atoms with E-state index in [1.54, 1.807) is 0 Å². The topological polar surface area (TPSA) is 9.23 Å². The molecule has 0 heterocycles. The van der Waals surface area contributed by atoms with Crippen molar-refractivity contribution >= 4 is 12.6 Å². The van der Waals surface area contributed by atoms with Gasteiger partial charge in [-0.25, -0.2) is 0 Å². The highest BCUT2D eigenvalue weighted by Gasteiger charge is 2.17. The molecule has 1 aliphatic carbocycles. The monoisotopic (exact) mass is 188 g/mol. The van der Waals surface area contributed by atoms with E-state index in [0.29, 0.717) is 6.10 Å². The molecular formula is C10H20OS. The fourth-order valence-corrected chi connectivity index (χ4v) is 1.78. The predicted octanol–water partition coefficient (Wildman–Crippen LogP) is 2.90. The van der Waals surface area contributed by atoms with Crippen LogP contribution in [0.5, 0.6) is 0 Å². The largest absolute Gasteiger partial charge is 0.378 e. The van der Waals surface area contributed by atoms with Crippen molar-refractivity contribution in [2.24, 2.45) is 5.92 Å². The van der Waals surface area contributed by atoms with Crippen LogP contribution in [-0.4, -0.2) is 18.5 Å². The highest BCUT2D eigenvalue weighted by Crippen LogP contribution is 2.22. The lowest BCUT2D eigenvalue weighted by Crippen LogP contribution is -2.22. The zero-order valence-electron chi connectivity index (χ0n) is 7.96. The van der Waals surface area contributed by atoms with Gasteiger partial charge in [-0.05, 0) is 43.8 Å². The van der Waals surface area contributed by atoms with Gasteiger partial charge in [0.15, 0.2) is 0 Å². The summed E-state index contributed by atoms with van der Waals surface area (Å²) in [7, 11) is 0. The molecule has 0 aromatic carbocycles. The van der Waals surface area contributed by atoms with Crippen LogP contribution >= 0.6 is 12.6 Å². The van der Waals surface area contributed by atoms with E-state index in [4.69, 9.17) is 4.74 Å². The van der Waals surface area contributed by atoms with Gasteiger partial charge in [-0.2, -0.15) is 12.6 Å². The van der Waals surface area contributed by atoms with Gasteiger partial charge in [0.25, 0.3) is 0 Å². The Kier molecular flexibility index (Phi) is 5.08. The van der Waals surface area contributed by atoms with E-state index in [9.17, 15) is 0 Å². The van der Waals surface area contributed by atoms with Gasteiger partial charge in [-0.3, -0.25) is 0 Å². The summed E-state index contributed by atoms with van der Waals surface area (Å²) in [5, 5.41) is 0. The van der Waals surface area contributed by atoms with Crippen LogP contribution in [0.25, 0.3) is 0 Å². The second-order valence-corrected chi connectivity index (χ2v) is 4.28. The molecule has 1 fully saturated rings. The molecule has 2 heteroatoms. The van der Waals surface area contributed by atoms with E-state index in [2.05, 4.69) is 19.6 Å². The molecule has 12 heavy (non-hydrogen) atoms. The second-order valence-electron chi connectivity index (χ2n) is 3.83. The molecule has 1 nitrogen and oxygen atoms in total. The minimum atomic E-state index is 0.605. The first-order valence-corrected chi connectivity index (χ1v) is 5.68. The van der Waals surface area contributed by atoms with Gasteiger partial charge < -0.3 is 4.74 Å². The molecule has 1 atom stereocenters. The number of ether oxygens (including phenoxy) is 1. The summed E-state index contributed by atoms with van der Waals surface area (Å²) in [5.41, 5.74) is 0. The van der Waals surface area contributed by atoms with Crippen molar-refractivity contribution in [3.05, 3.63) is 0 Å². The Balaban J connectivity index is 1.86. The molecule has 1 unspecified atom stereocenters. The first-order chi connectivity index (χ1) is 5.83. The van der Waals surface area contributed by atoms with Crippen molar-refractivity contribution < 1.29 is 4.74 Å². The Morgan fingerprint density at radius 2 is 2.17 bits per heavy atom. The highest BCUT2D eigenvalue weighted by molar-refractivity contribution is 7.80. The van der Waals surface area contributed by atoms with Crippen LogP contribution in [-0.2, 0) is 4.74 Å². The standard InChI is InChI=1S/C10H20OS/c1-9(6-8-12)5-7-11-10-3-2-4-10/h9-10,12H,2-8H2,1H3. The number of thiol groups is 1. The molecule has 0 aromatic rings. The van der Waals surface area contributed by atoms with Crippen molar-refractivity contribution in [1.29, 1.82) is 0 Å². The maximum atomic E-state index is 5.67. The third kappa shape index (κ3) is 3.81. The molecular weight excluding hydrogens is 168 g/mol. The van der Waals surface area contributed by atoms with Crippen LogP contribution in [0.4, 0.5) is 0 Å². The zero-order chi connectivity index (χ0) is 8.81. The maximum absolute atomic E-state index is 5.67. The van der Waals surface area contributed by atoms with Crippen molar-refractivity contribution in [3.63, 3.8) is 0 Å². The normalized spacial score (nSPS) is 20.5. The number of hydrogen-bond donors (Lipinski definition) is 1. The molecule has 0 bridgehead atoms. The van der Waals surface area contributed by atoms with E-state index < -0.39 is 0 Å². The quantitative estimate of drug-likeness (QED) is 0.631. The lowest BCUT2D eigenvalue weighted by Gasteiger charge is -2.26. The van der Waals surface area contributed by atoms with Crippen molar-refractivity contribution in [1.82, 2.24) is 0 Å². The van der Waals surface area contributed by atoms with Crippen LogP contribution < -0.4 is 0 Å². The molecule has 72 valence electrons. The molecule has 0 saturated heterocycles. The Hall–Kier alpha value is 0.310. The van der Waals surface area contributed by atoms with Gasteiger partial charge in [-0.1, -0.05) is 6.92 Å². The summed E-state index contributed by atoms with van der Waals surface area (Å²) in [4.78, 5) is 0. The molecule has 0 aliphatic heterocycles. The predicted molar refractivity (Wildman–Crippen MR) is 55.8 cm³/mol. The summed E-state index contributed by atoms with van der Waals surface area (Å²) in [5.74, 6) is 1.78. The third-order valence-corrected chi connectivity index (χ3v) is 2.90. The average Bonchev–Trinajstić information content (AvgIpc) is 1.95. The first kappa shape index (κ1) is 10.4. The SMILES string of the molecule is CC(CCS)CCOC1CCC1. The second kappa shape index (κ2) is 5.87. The van der Waals surface area contributed by atoms with Gasteiger partial charge in [0.05, 0.1) is 6.10 Å². The fourth-order valence-electron chi connectivity index (χ4n) is 1.34. The third-order valence-electron chi connectivity index (χ3n) is 2.64. The lowest BCUT2D eigenvalue weighted by atomic mass is 9.96. The van der Waals surface area contributed by atoms with Crippen LogP contribution in [0.3, 0.4) is 0 Å². The lowest BCUT2D eigenvalue weighted by molar-refractivity contribution is -0.00299. The highest BCUT2D eigenvalue weighted by atomic mass is 32.1. The minimum Gasteiger partial charge on any atom is -0.378 e. The Labute approximate surface area is 81.3 Å². The van der Waals surface area contributed by atoms with Crippen LogP contribution in [0.15, 0.2) is 0 Å². The molecule has 1 rings (SSSR count). The van der Waals surface area contributed by atoms with Crippen LogP contribution in [0.1, 0.15) is 39.0 Å². The average molecular weight is 188 g/mol. The molecule has 1 aliphatic rings. The van der Waals surface area contributed by atoms with Crippen LogP contribution in [0, 0.1) is 5.92 Å². The summed E-state index contributed by atoms with van der Waals surface area (Å²) >= 11 is 4.21. The Bertz CT molecular complexity index is 112. The summed E-state index contributed by atoms with van der Waals surface area (Å²) in [6.45, 7) is 3.24. The van der Waals surface area contributed by atoms with Crippen molar-refractivity contribution in [3.8, 4) is 0 Å². The minimum absolute atomic E-state index is 0.605. The van der Waals surface area contributed by atoms with E-state index in [0.717, 1.165) is 18.3 Å². The van der Waals surface area contributed by atoms with Gasteiger partial charge in [0.1, 0.15) is 0 Å². The van der Waals surface area contributed by atoms with E-state index in [-0.39, 0.29) is 0 Å². The molecule has 1 saturated carbocycles. The van der Waals surface area contributed by atoms with Gasteiger partial charge in [0.2, 0.25) is 0 Å². The van der Waals surface area contributed by atoms with E-state index >= 15 is 0 Å². The zero-order valence-corrected chi connectivity index (χ0v) is 8.85. The molecule has 0 N–H and O–H groups in total. The molecule has 0 amide bonds. The Morgan fingerprint density at radius 1 is 1.42 bits per heavy atom. The maximum Gasteiger partial charge on any atom is 0.0575 e. The fraction of sp³-hybridized carbons (Fsp3) is 1.00. The number of rotatable bonds is 6. The van der Waals surface area contributed by atoms with E-state index in [1.807, 2.05) is 0 Å². The van der Waals surface area contributed by atoms with Crippen molar-refractivity contribution in [2.45, 2.75) is 45.1 Å². The van der Waals surface area contributed by atoms with Gasteiger partial charge >= 0.3 is 0 Å². The molecule has 0 spiro atoms. The Morgan fingerprint density at radius 3 is 2.67 bits per heavy atom. The molecule has 0 aromatic heterocycles. The van der Waals surface area contributed by atoms with Gasteiger partial charge in [-0.15, -0.1) is 0 Å². The molecule has 0 radical (unpaired) electrons. The number of hydrogen-bond acceptors (Lipinski definition) is 2. The summed E-state index contributed by atoms with van der Waals surface area (Å²) < 4.78 is 5.67. The van der Waals surface area contributed by atoms with Crippen LogP contribution in [0.2, 0.25) is 0 Å². The smallest absolute Gasteiger partial charge is 0.0575 e. The summed E-state index contributed by atoms with van der Waals surface area (Å²) in [6.07, 6.45) is 6.99. The summed E-state index contributed by atoms with van der Waals surface area (Å²) in [6, 6.07) is 0. The van der Waals surface area contributed by atoms with Crippen molar-refractivity contribution in [2.75, 3.05) is 12.4 Å². The first-order valence-electron chi connectivity index (χ1n) is 5.05. The van der Waals surface area contributed by atoms with Gasteiger partial charge in [0, 0.05) is 6.61 Å².